The number of carbonyl (C=O) groups is 1. The van der Waals surface area contributed by atoms with Crippen molar-refractivity contribution >= 4 is 39.1 Å². The third-order valence-corrected chi connectivity index (χ3v) is 6.97. The van der Waals surface area contributed by atoms with Crippen LogP contribution in [-0.2, 0) is 6.54 Å². The first-order valence-electron chi connectivity index (χ1n) is 10.3. The molecule has 10 heteroatoms. The Morgan fingerprint density at radius 2 is 2.10 bits per heavy atom. The van der Waals surface area contributed by atoms with Gasteiger partial charge in [0.2, 0.25) is 6.33 Å². The minimum Gasteiger partial charge on any atom is -0.358 e. The van der Waals surface area contributed by atoms with Crippen LogP contribution in [0.2, 0.25) is 0 Å². The fourth-order valence-electron chi connectivity index (χ4n) is 4.30. The first-order valence-corrected chi connectivity index (χ1v) is 11.1. The maximum Gasteiger partial charge on any atom is 0.381 e. The normalized spacial score (nSPS) is 15.0. The molecular weight excluding hydrogens is 416 g/mol. The minimum absolute atomic E-state index is 0.0532. The van der Waals surface area contributed by atoms with Crippen LogP contribution in [-0.4, -0.2) is 47.8 Å². The summed E-state index contributed by atoms with van der Waals surface area (Å²) in [5.41, 5.74) is 2.74. The van der Waals surface area contributed by atoms with E-state index in [2.05, 4.69) is 9.97 Å². The first-order chi connectivity index (χ1) is 15.0. The molecule has 1 aromatic carbocycles. The molecule has 5 rings (SSSR count). The number of imidazole rings is 2. The van der Waals surface area contributed by atoms with Gasteiger partial charge in [0, 0.05) is 19.3 Å². The van der Waals surface area contributed by atoms with E-state index in [0.717, 1.165) is 34.4 Å². The summed E-state index contributed by atoms with van der Waals surface area (Å²) in [7, 11) is 1.90. The van der Waals surface area contributed by atoms with Gasteiger partial charge >= 0.3 is 5.82 Å². The van der Waals surface area contributed by atoms with Crippen molar-refractivity contribution in [2.75, 3.05) is 7.05 Å². The highest BCUT2D eigenvalue weighted by molar-refractivity contribution is 7.18. The van der Waals surface area contributed by atoms with Gasteiger partial charge in [-0.2, -0.15) is 0 Å². The second kappa shape index (κ2) is 7.77. The minimum atomic E-state index is -0.506. The number of fused-ring (bicyclic) bond motifs is 3. The average Bonchev–Trinajstić information content (AvgIpc) is 3.48. The highest BCUT2D eigenvalue weighted by Crippen LogP contribution is 2.28. The van der Waals surface area contributed by atoms with E-state index in [9.17, 15) is 14.9 Å². The predicted octanol–water partition coefficient (Wildman–Crippen LogP) is 4.11. The summed E-state index contributed by atoms with van der Waals surface area (Å²) >= 11 is 1.41. The molecule has 3 aromatic heterocycles. The van der Waals surface area contributed by atoms with Crippen molar-refractivity contribution in [3.05, 3.63) is 57.5 Å². The quantitative estimate of drug-likeness (QED) is 0.345. The zero-order chi connectivity index (χ0) is 21.5. The molecule has 0 atom stereocenters. The Hall–Kier alpha value is -3.27. The summed E-state index contributed by atoms with van der Waals surface area (Å²) in [5.74, 6) is -0.117. The molecule has 4 aromatic rings. The lowest BCUT2D eigenvalue weighted by molar-refractivity contribution is -0.389. The third-order valence-electron chi connectivity index (χ3n) is 5.99. The summed E-state index contributed by atoms with van der Waals surface area (Å²) in [5, 5.41) is 10.8. The van der Waals surface area contributed by atoms with Gasteiger partial charge in [-0.15, -0.1) is 0 Å². The van der Waals surface area contributed by atoms with Gasteiger partial charge in [0.1, 0.15) is 11.1 Å². The van der Waals surface area contributed by atoms with E-state index in [1.807, 2.05) is 40.7 Å². The van der Waals surface area contributed by atoms with Crippen LogP contribution in [0.15, 0.2) is 36.9 Å². The SMILES string of the molecule is CN(C(=O)c1cn2c(nc3ccc(Cn4cnc([N+](=O)[O-])c4)cc32)s1)C1CCCCC1. The smallest absolute Gasteiger partial charge is 0.358 e. The molecule has 0 aliphatic heterocycles. The van der Waals surface area contributed by atoms with Gasteiger partial charge in [0.25, 0.3) is 5.91 Å². The van der Waals surface area contributed by atoms with Gasteiger partial charge in [-0.05, 0) is 40.4 Å². The van der Waals surface area contributed by atoms with E-state index in [-0.39, 0.29) is 11.7 Å². The number of aromatic nitrogens is 4. The molecule has 0 N–H and O–H groups in total. The van der Waals surface area contributed by atoms with E-state index in [0.29, 0.717) is 17.5 Å². The number of nitrogens with zero attached hydrogens (tertiary/aromatic N) is 6. The Bertz CT molecular complexity index is 1280. The Labute approximate surface area is 182 Å². The molecule has 160 valence electrons. The van der Waals surface area contributed by atoms with Crippen molar-refractivity contribution in [3.63, 3.8) is 0 Å². The van der Waals surface area contributed by atoms with Crippen molar-refractivity contribution < 1.29 is 9.72 Å². The van der Waals surface area contributed by atoms with E-state index < -0.39 is 4.92 Å². The van der Waals surface area contributed by atoms with Crippen LogP contribution in [0, 0.1) is 10.1 Å². The van der Waals surface area contributed by atoms with Crippen molar-refractivity contribution in [2.24, 2.45) is 0 Å². The summed E-state index contributed by atoms with van der Waals surface area (Å²) in [6, 6.07) is 6.21. The summed E-state index contributed by atoms with van der Waals surface area (Å²) in [6.45, 7) is 0.463. The van der Waals surface area contributed by atoms with Gasteiger partial charge in [-0.1, -0.05) is 36.7 Å². The lowest BCUT2D eigenvalue weighted by Gasteiger charge is -2.30. The monoisotopic (exact) mass is 438 g/mol. The number of hydrogen-bond acceptors (Lipinski definition) is 6. The molecule has 3 heterocycles. The molecule has 0 spiro atoms. The van der Waals surface area contributed by atoms with Gasteiger partial charge in [-0.25, -0.2) is 4.98 Å². The Kier molecular flexibility index (Phi) is 4.93. The molecule has 9 nitrogen and oxygen atoms in total. The topological polar surface area (TPSA) is 98.6 Å². The summed E-state index contributed by atoms with van der Waals surface area (Å²) in [4.78, 5) is 35.2. The maximum atomic E-state index is 13.0. The van der Waals surface area contributed by atoms with Crippen LogP contribution in [0.4, 0.5) is 5.82 Å². The second-order valence-corrected chi connectivity index (χ2v) is 9.06. The van der Waals surface area contributed by atoms with Crippen LogP contribution >= 0.6 is 11.3 Å². The predicted molar refractivity (Wildman–Crippen MR) is 118 cm³/mol. The molecular formula is C21H22N6O3S. The van der Waals surface area contributed by atoms with Crippen molar-refractivity contribution in [1.29, 1.82) is 0 Å². The standard InChI is InChI=1S/C21H22N6O3S/c1-24(15-5-3-2-4-6-15)20(28)18-11-26-17-9-14(7-8-16(17)23-21(26)31-18)10-25-12-19(22-13-25)27(29)30/h7-9,11-13,15H,2-6,10H2,1H3. The molecule has 1 fully saturated rings. The van der Waals surface area contributed by atoms with Gasteiger partial charge in [0.15, 0.2) is 4.96 Å². The van der Waals surface area contributed by atoms with Gasteiger partial charge in [0.05, 0.1) is 17.6 Å². The number of hydrogen-bond donors (Lipinski definition) is 0. The maximum absolute atomic E-state index is 13.0. The highest BCUT2D eigenvalue weighted by atomic mass is 32.1. The summed E-state index contributed by atoms with van der Waals surface area (Å²) in [6.07, 6.45) is 10.5. The van der Waals surface area contributed by atoms with Gasteiger partial charge < -0.3 is 19.6 Å². The molecule has 1 aliphatic rings. The summed E-state index contributed by atoms with van der Waals surface area (Å²) < 4.78 is 3.64. The Balaban J connectivity index is 1.42. The van der Waals surface area contributed by atoms with Crippen LogP contribution < -0.4 is 0 Å². The molecule has 31 heavy (non-hydrogen) atoms. The number of benzene rings is 1. The van der Waals surface area contributed by atoms with Crippen molar-refractivity contribution in [2.45, 2.75) is 44.7 Å². The van der Waals surface area contributed by atoms with Crippen LogP contribution in [0.5, 0.6) is 0 Å². The van der Waals surface area contributed by atoms with Crippen LogP contribution in [0.1, 0.15) is 47.3 Å². The Morgan fingerprint density at radius 1 is 1.29 bits per heavy atom. The number of nitro groups is 1. The lowest BCUT2D eigenvalue weighted by Crippen LogP contribution is -2.37. The molecule has 1 aliphatic carbocycles. The van der Waals surface area contributed by atoms with Crippen molar-refractivity contribution in [1.82, 2.24) is 23.8 Å². The number of thiazole rings is 1. The highest BCUT2D eigenvalue weighted by Gasteiger charge is 2.25. The second-order valence-electron chi connectivity index (χ2n) is 8.05. The fraction of sp³-hybridized carbons (Fsp3) is 0.381. The zero-order valence-corrected chi connectivity index (χ0v) is 17.9. The molecule has 1 saturated carbocycles. The number of rotatable bonds is 5. The van der Waals surface area contributed by atoms with Gasteiger partial charge in [-0.3, -0.25) is 9.20 Å². The Morgan fingerprint density at radius 3 is 2.84 bits per heavy atom. The molecule has 0 saturated heterocycles. The fourth-order valence-corrected chi connectivity index (χ4v) is 5.28. The van der Waals surface area contributed by atoms with E-state index in [1.165, 1.54) is 43.1 Å². The molecule has 0 radical (unpaired) electrons. The van der Waals surface area contributed by atoms with E-state index >= 15 is 0 Å². The van der Waals surface area contributed by atoms with Crippen LogP contribution in [0.25, 0.3) is 16.0 Å². The average molecular weight is 439 g/mol. The lowest BCUT2D eigenvalue weighted by atomic mass is 9.94. The largest absolute Gasteiger partial charge is 0.381 e. The van der Waals surface area contributed by atoms with E-state index in [1.54, 1.807) is 4.57 Å². The first kappa shape index (κ1) is 19.7. The third kappa shape index (κ3) is 3.67. The number of amides is 1. The van der Waals surface area contributed by atoms with E-state index in [4.69, 9.17) is 0 Å². The van der Waals surface area contributed by atoms with Crippen LogP contribution in [0.3, 0.4) is 0 Å². The number of carbonyl (C=O) groups excluding carboxylic acids is 1. The van der Waals surface area contributed by atoms with Crippen molar-refractivity contribution in [3.8, 4) is 0 Å². The molecule has 0 bridgehead atoms. The molecule has 1 amide bonds. The molecule has 0 unspecified atom stereocenters. The zero-order valence-electron chi connectivity index (χ0n) is 17.1.